The summed E-state index contributed by atoms with van der Waals surface area (Å²) in [6.07, 6.45) is 0.886. The molecule has 0 aromatic carbocycles. The SMILES string of the molecule is COCC1(C(C)=O)CC(C)C(C)N1. The van der Waals surface area contributed by atoms with Gasteiger partial charge in [0.05, 0.1) is 6.61 Å². The van der Waals surface area contributed by atoms with E-state index in [4.69, 9.17) is 4.74 Å². The van der Waals surface area contributed by atoms with Crippen molar-refractivity contribution in [1.82, 2.24) is 5.32 Å². The monoisotopic (exact) mass is 185 g/mol. The van der Waals surface area contributed by atoms with Gasteiger partial charge in [0.1, 0.15) is 5.54 Å². The van der Waals surface area contributed by atoms with E-state index < -0.39 is 5.54 Å². The van der Waals surface area contributed by atoms with Crippen molar-refractivity contribution in [2.24, 2.45) is 5.92 Å². The lowest BCUT2D eigenvalue weighted by Gasteiger charge is -2.26. The summed E-state index contributed by atoms with van der Waals surface area (Å²) >= 11 is 0. The van der Waals surface area contributed by atoms with Gasteiger partial charge < -0.3 is 10.1 Å². The molecule has 0 aliphatic carbocycles. The Morgan fingerprint density at radius 1 is 1.62 bits per heavy atom. The van der Waals surface area contributed by atoms with Crippen molar-refractivity contribution in [1.29, 1.82) is 0 Å². The molecule has 0 aromatic heterocycles. The van der Waals surface area contributed by atoms with Crippen molar-refractivity contribution in [2.75, 3.05) is 13.7 Å². The van der Waals surface area contributed by atoms with E-state index in [0.717, 1.165) is 6.42 Å². The Morgan fingerprint density at radius 3 is 2.54 bits per heavy atom. The Hall–Kier alpha value is -0.410. The molecule has 0 saturated carbocycles. The highest BCUT2D eigenvalue weighted by atomic mass is 16.5. The Bertz CT molecular complexity index is 193. The van der Waals surface area contributed by atoms with Gasteiger partial charge in [-0.25, -0.2) is 0 Å². The van der Waals surface area contributed by atoms with Crippen molar-refractivity contribution in [2.45, 2.75) is 38.8 Å². The summed E-state index contributed by atoms with van der Waals surface area (Å²) in [7, 11) is 1.64. The third kappa shape index (κ3) is 1.92. The zero-order valence-corrected chi connectivity index (χ0v) is 8.89. The van der Waals surface area contributed by atoms with E-state index in [1.54, 1.807) is 14.0 Å². The van der Waals surface area contributed by atoms with Crippen LogP contribution in [0.2, 0.25) is 0 Å². The molecular weight excluding hydrogens is 166 g/mol. The maximum atomic E-state index is 11.5. The second-order valence-electron chi connectivity index (χ2n) is 4.19. The van der Waals surface area contributed by atoms with Gasteiger partial charge in [0.15, 0.2) is 5.78 Å². The highest BCUT2D eigenvalue weighted by Gasteiger charge is 2.44. The van der Waals surface area contributed by atoms with Gasteiger partial charge >= 0.3 is 0 Å². The van der Waals surface area contributed by atoms with Gasteiger partial charge in [-0.2, -0.15) is 0 Å². The number of hydrogen-bond acceptors (Lipinski definition) is 3. The molecule has 13 heavy (non-hydrogen) atoms. The molecule has 3 heteroatoms. The van der Waals surface area contributed by atoms with Gasteiger partial charge in [-0.1, -0.05) is 6.92 Å². The van der Waals surface area contributed by atoms with E-state index >= 15 is 0 Å². The van der Waals surface area contributed by atoms with Crippen LogP contribution in [0.4, 0.5) is 0 Å². The summed E-state index contributed by atoms with van der Waals surface area (Å²) in [6, 6.07) is 0.402. The number of carbonyl (C=O) groups is 1. The molecule has 76 valence electrons. The van der Waals surface area contributed by atoms with Crippen molar-refractivity contribution >= 4 is 5.78 Å². The number of Topliss-reactive ketones (excluding diaryl/α,β-unsaturated/α-hetero) is 1. The summed E-state index contributed by atoms with van der Waals surface area (Å²) in [5.74, 6) is 0.726. The van der Waals surface area contributed by atoms with E-state index in [9.17, 15) is 4.79 Å². The first-order valence-corrected chi connectivity index (χ1v) is 4.79. The fourth-order valence-electron chi connectivity index (χ4n) is 2.06. The van der Waals surface area contributed by atoms with E-state index in [0.29, 0.717) is 18.6 Å². The average Bonchev–Trinajstić information content (AvgIpc) is 2.29. The zero-order valence-electron chi connectivity index (χ0n) is 8.89. The second-order valence-corrected chi connectivity index (χ2v) is 4.19. The van der Waals surface area contributed by atoms with Crippen LogP contribution in [-0.4, -0.2) is 31.1 Å². The third-order valence-corrected chi connectivity index (χ3v) is 3.09. The highest BCUT2D eigenvalue weighted by Crippen LogP contribution is 2.29. The summed E-state index contributed by atoms with van der Waals surface area (Å²) in [4.78, 5) is 11.5. The summed E-state index contributed by atoms with van der Waals surface area (Å²) in [5, 5.41) is 3.34. The molecule has 0 bridgehead atoms. The maximum Gasteiger partial charge on any atom is 0.152 e. The number of carbonyl (C=O) groups excluding carboxylic acids is 1. The van der Waals surface area contributed by atoms with Crippen LogP contribution in [0.5, 0.6) is 0 Å². The van der Waals surface area contributed by atoms with Gasteiger partial charge in [0.25, 0.3) is 0 Å². The van der Waals surface area contributed by atoms with E-state index in [2.05, 4.69) is 19.2 Å². The van der Waals surface area contributed by atoms with Gasteiger partial charge in [0.2, 0.25) is 0 Å². The lowest BCUT2D eigenvalue weighted by molar-refractivity contribution is -0.125. The second kappa shape index (κ2) is 3.76. The standard InChI is InChI=1S/C10H19NO2/c1-7-5-10(6-13-4,9(3)12)11-8(7)2/h7-8,11H,5-6H2,1-4H3. The molecule has 1 fully saturated rings. The predicted molar refractivity (Wildman–Crippen MR) is 51.7 cm³/mol. The lowest BCUT2D eigenvalue weighted by Crippen LogP contribution is -2.51. The van der Waals surface area contributed by atoms with Gasteiger partial charge in [-0.3, -0.25) is 4.79 Å². The number of methoxy groups -OCH3 is 1. The van der Waals surface area contributed by atoms with Crippen LogP contribution in [0.25, 0.3) is 0 Å². The van der Waals surface area contributed by atoms with Crippen LogP contribution < -0.4 is 5.32 Å². The Balaban J connectivity index is 2.76. The first-order chi connectivity index (χ1) is 6.02. The molecule has 3 nitrogen and oxygen atoms in total. The van der Waals surface area contributed by atoms with Gasteiger partial charge in [-0.15, -0.1) is 0 Å². The molecule has 3 unspecified atom stereocenters. The molecule has 0 aromatic rings. The van der Waals surface area contributed by atoms with Crippen LogP contribution in [0, 0.1) is 5.92 Å². The molecule has 1 N–H and O–H groups in total. The molecule has 0 spiro atoms. The fourth-order valence-corrected chi connectivity index (χ4v) is 2.06. The molecule has 1 aliphatic heterocycles. The summed E-state index contributed by atoms with van der Waals surface area (Å²) in [6.45, 7) is 6.40. The zero-order chi connectivity index (χ0) is 10.1. The largest absolute Gasteiger partial charge is 0.382 e. The third-order valence-electron chi connectivity index (χ3n) is 3.09. The normalized spacial score (nSPS) is 39.4. The lowest BCUT2D eigenvalue weighted by atomic mass is 9.90. The Morgan fingerprint density at radius 2 is 2.23 bits per heavy atom. The van der Waals surface area contributed by atoms with Crippen molar-refractivity contribution in [3.8, 4) is 0 Å². The Kier molecular flexibility index (Phi) is 3.09. The van der Waals surface area contributed by atoms with E-state index in [-0.39, 0.29) is 5.78 Å². The quantitative estimate of drug-likeness (QED) is 0.712. The minimum atomic E-state index is -0.423. The Labute approximate surface area is 79.8 Å². The number of ether oxygens (including phenoxy) is 1. The smallest absolute Gasteiger partial charge is 0.152 e. The first-order valence-electron chi connectivity index (χ1n) is 4.79. The van der Waals surface area contributed by atoms with Crippen LogP contribution >= 0.6 is 0 Å². The maximum absolute atomic E-state index is 11.5. The van der Waals surface area contributed by atoms with Crippen molar-refractivity contribution in [3.05, 3.63) is 0 Å². The number of ketones is 1. The predicted octanol–water partition coefficient (Wildman–Crippen LogP) is 0.978. The molecule has 1 rings (SSSR count). The minimum absolute atomic E-state index is 0.186. The molecule has 0 amide bonds. The van der Waals surface area contributed by atoms with Crippen LogP contribution in [0.1, 0.15) is 27.2 Å². The molecule has 1 aliphatic rings. The number of nitrogens with one attached hydrogen (secondary N) is 1. The van der Waals surface area contributed by atoms with Crippen LogP contribution in [-0.2, 0) is 9.53 Å². The topological polar surface area (TPSA) is 38.3 Å². The van der Waals surface area contributed by atoms with E-state index in [1.165, 1.54) is 0 Å². The molecular formula is C10H19NO2. The summed E-state index contributed by atoms with van der Waals surface area (Å²) < 4.78 is 5.10. The number of rotatable bonds is 3. The fraction of sp³-hybridized carbons (Fsp3) is 0.900. The van der Waals surface area contributed by atoms with Crippen molar-refractivity contribution in [3.63, 3.8) is 0 Å². The van der Waals surface area contributed by atoms with Crippen LogP contribution in [0.3, 0.4) is 0 Å². The molecule has 1 heterocycles. The number of hydrogen-bond donors (Lipinski definition) is 1. The molecule has 1 saturated heterocycles. The summed E-state index contributed by atoms with van der Waals surface area (Å²) in [5.41, 5.74) is -0.423. The van der Waals surface area contributed by atoms with Gasteiger partial charge in [0, 0.05) is 13.2 Å². The highest BCUT2D eigenvalue weighted by molar-refractivity contribution is 5.86. The molecule has 3 atom stereocenters. The molecule has 0 radical (unpaired) electrons. The van der Waals surface area contributed by atoms with Crippen molar-refractivity contribution < 1.29 is 9.53 Å². The first kappa shape index (κ1) is 10.7. The van der Waals surface area contributed by atoms with E-state index in [1.807, 2.05) is 0 Å². The average molecular weight is 185 g/mol. The minimum Gasteiger partial charge on any atom is -0.382 e. The van der Waals surface area contributed by atoms with Crippen LogP contribution in [0.15, 0.2) is 0 Å². The van der Waals surface area contributed by atoms with Gasteiger partial charge in [-0.05, 0) is 26.2 Å².